The molecule has 2 aromatic carbocycles. The smallest absolute Gasteiger partial charge is 0.416 e. The Morgan fingerprint density at radius 3 is 2.50 bits per heavy atom. The third-order valence-corrected chi connectivity index (χ3v) is 5.84. The Balaban J connectivity index is 1.68. The Kier molecular flexibility index (Phi) is 4.96. The molecule has 0 fully saturated rings. The number of nitrogens with one attached hydrogen (secondary N) is 1. The highest BCUT2D eigenvalue weighted by atomic mass is 19.4. The second-order valence-corrected chi connectivity index (χ2v) is 8.00. The van der Waals surface area contributed by atoms with Crippen molar-refractivity contribution in [3.8, 4) is 16.9 Å². The largest absolute Gasteiger partial charge is 0.496 e. The zero-order valence-corrected chi connectivity index (χ0v) is 18.4. The first kappa shape index (κ1) is 21.7. The minimum atomic E-state index is -4.42. The minimum Gasteiger partial charge on any atom is -0.496 e. The van der Waals surface area contributed by atoms with Gasteiger partial charge in [0.2, 0.25) is 0 Å². The number of halogens is 3. The van der Waals surface area contributed by atoms with E-state index in [-0.39, 0.29) is 6.54 Å². The normalized spacial score (nSPS) is 12.1. The lowest BCUT2D eigenvalue weighted by molar-refractivity contribution is -0.137. The number of methoxy groups -OCH3 is 1. The Morgan fingerprint density at radius 1 is 1.15 bits per heavy atom. The number of hydrogen-bond donors (Lipinski definition) is 1. The number of nitrogens with zero attached hydrogens (tertiary/aromatic N) is 3. The molecule has 0 atom stereocenters. The van der Waals surface area contributed by atoms with Gasteiger partial charge in [-0.2, -0.15) is 13.2 Å². The maximum Gasteiger partial charge on any atom is 0.416 e. The summed E-state index contributed by atoms with van der Waals surface area (Å²) in [4.78, 5) is 20.0. The van der Waals surface area contributed by atoms with E-state index >= 15 is 0 Å². The van der Waals surface area contributed by atoms with E-state index in [1.54, 1.807) is 19.4 Å². The second-order valence-electron chi connectivity index (χ2n) is 8.00. The van der Waals surface area contributed by atoms with E-state index in [4.69, 9.17) is 9.26 Å². The van der Waals surface area contributed by atoms with Gasteiger partial charge in [0.1, 0.15) is 11.5 Å². The quantitative estimate of drug-likeness (QED) is 0.391. The number of rotatable bonds is 4. The monoisotopic (exact) mass is 468 g/mol. The summed E-state index contributed by atoms with van der Waals surface area (Å²) in [7, 11) is 1.54. The first-order valence-corrected chi connectivity index (χ1v) is 10.4. The Hall–Kier alpha value is -4.08. The molecule has 0 spiro atoms. The van der Waals surface area contributed by atoms with Crippen LogP contribution in [-0.2, 0) is 12.7 Å². The van der Waals surface area contributed by atoms with Crippen LogP contribution in [0.1, 0.15) is 22.6 Å². The number of H-pyrrole nitrogens is 1. The summed E-state index contributed by atoms with van der Waals surface area (Å²) in [6, 6.07) is 8.39. The average Bonchev–Trinajstić information content (AvgIpc) is 3.30. The van der Waals surface area contributed by atoms with Crippen molar-refractivity contribution in [2.24, 2.45) is 0 Å². The summed E-state index contributed by atoms with van der Waals surface area (Å²) in [6.45, 7) is 3.73. The molecule has 0 aliphatic heterocycles. The van der Waals surface area contributed by atoms with Gasteiger partial charge in [0.25, 0.3) is 0 Å². The highest BCUT2D eigenvalue weighted by Gasteiger charge is 2.30. The standard InChI is InChI=1S/C24H19F3N4O3/c1-12-21(13(2)34-30-12)17-8-18-16(9-20(17)33-3)22-19(10-28-18)29-23(32)31(22)11-14-4-6-15(7-5-14)24(25,26)27/h4-10H,11H2,1-3H3,(H,29,32). The summed E-state index contributed by atoms with van der Waals surface area (Å²) in [5.41, 5.74) is 3.39. The van der Waals surface area contributed by atoms with Gasteiger partial charge in [-0.05, 0) is 43.7 Å². The molecule has 3 heterocycles. The van der Waals surface area contributed by atoms with Gasteiger partial charge >= 0.3 is 11.9 Å². The van der Waals surface area contributed by atoms with Crippen LogP contribution in [0, 0.1) is 13.8 Å². The molecule has 0 saturated heterocycles. The van der Waals surface area contributed by atoms with E-state index in [1.807, 2.05) is 19.9 Å². The van der Waals surface area contributed by atoms with Crippen LogP contribution >= 0.6 is 0 Å². The molecule has 5 aromatic rings. The van der Waals surface area contributed by atoms with Gasteiger partial charge in [-0.25, -0.2) is 4.79 Å². The predicted molar refractivity (Wildman–Crippen MR) is 120 cm³/mol. The summed E-state index contributed by atoms with van der Waals surface area (Å²) >= 11 is 0. The van der Waals surface area contributed by atoms with Crippen molar-refractivity contribution in [1.29, 1.82) is 0 Å². The Bertz CT molecular complexity index is 1580. The topological polar surface area (TPSA) is 85.9 Å². The number of aromatic nitrogens is 4. The van der Waals surface area contributed by atoms with E-state index in [1.165, 1.54) is 16.7 Å². The number of aromatic amines is 1. The van der Waals surface area contributed by atoms with Crippen LogP contribution in [0.25, 0.3) is 33.1 Å². The molecule has 0 unspecified atom stereocenters. The molecule has 34 heavy (non-hydrogen) atoms. The molecule has 3 aromatic heterocycles. The molecular formula is C24H19F3N4O3. The number of hydrogen-bond acceptors (Lipinski definition) is 5. The first-order valence-electron chi connectivity index (χ1n) is 10.4. The van der Waals surface area contributed by atoms with Gasteiger partial charge in [-0.3, -0.25) is 9.55 Å². The van der Waals surface area contributed by atoms with Gasteiger partial charge in [-0.1, -0.05) is 17.3 Å². The van der Waals surface area contributed by atoms with Crippen molar-refractivity contribution in [2.75, 3.05) is 7.11 Å². The van der Waals surface area contributed by atoms with Crippen LogP contribution in [0.3, 0.4) is 0 Å². The van der Waals surface area contributed by atoms with Crippen LogP contribution in [-0.4, -0.2) is 26.8 Å². The molecule has 0 bridgehead atoms. The number of fused-ring (bicyclic) bond motifs is 3. The molecule has 174 valence electrons. The molecule has 0 radical (unpaired) electrons. The predicted octanol–water partition coefficient (Wildman–Crippen LogP) is 5.23. The van der Waals surface area contributed by atoms with Crippen molar-refractivity contribution in [3.05, 3.63) is 75.7 Å². The fraction of sp³-hybridized carbons (Fsp3) is 0.208. The zero-order chi connectivity index (χ0) is 24.2. The van der Waals surface area contributed by atoms with Gasteiger partial charge in [-0.15, -0.1) is 0 Å². The lowest BCUT2D eigenvalue weighted by atomic mass is 10.0. The van der Waals surface area contributed by atoms with Gasteiger partial charge in [0, 0.05) is 10.9 Å². The molecule has 1 N–H and O–H groups in total. The van der Waals surface area contributed by atoms with Gasteiger partial charge in [0.05, 0.1) is 53.2 Å². The van der Waals surface area contributed by atoms with Crippen molar-refractivity contribution in [3.63, 3.8) is 0 Å². The summed E-state index contributed by atoms with van der Waals surface area (Å²) < 4.78 is 51.2. The van der Waals surface area contributed by atoms with Gasteiger partial charge in [0.15, 0.2) is 0 Å². The van der Waals surface area contributed by atoms with Crippen molar-refractivity contribution >= 4 is 21.9 Å². The lowest BCUT2D eigenvalue weighted by Gasteiger charge is -2.12. The third-order valence-electron chi connectivity index (χ3n) is 5.84. The number of imidazole rings is 1. The maximum absolute atomic E-state index is 12.9. The summed E-state index contributed by atoms with van der Waals surface area (Å²) in [6.07, 6.45) is -2.86. The van der Waals surface area contributed by atoms with E-state index in [0.29, 0.717) is 44.7 Å². The van der Waals surface area contributed by atoms with Crippen LogP contribution in [0.5, 0.6) is 5.75 Å². The highest BCUT2D eigenvalue weighted by molar-refractivity contribution is 6.04. The Labute approximate surface area is 190 Å². The highest BCUT2D eigenvalue weighted by Crippen LogP contribution is 2.38. The number of ether oxygens (including phenoxy) is 1. The molecule has 0 aliphatic rings. The molecular weight excluding hydrogens is 449 g/mol. The molecule has 0 aliphatic carbocycles. The molecule has 7 nitrogen and oxygen atoms in total. The maximum atomic E-state index is 12.9. The zero-order valence-electron chi connectivity index (χ0n) is 18.4. The van der Waals surface area contributed by atoms with E-state index in [0.717, 1.165) is 23.3 Å². The van der Waals surface area contributed by atoms with E-state index in [2.05, 4.69) is 15.1 Å². The number of pyridine rings is 1. The number of alkyl halides is 3. The average molecular weight is 468 g/mol. The van der Waals surface area contributed by atoms with Gasteiger partial charge < -0.3 is 14.2 Å². The molecule has 5 rings (SSSR count). The van der Waals surface area contributed by atoms with Crippen LogP contribution in [0.2, 0.25) is 0 Å². The van der Waals surface area contributed by atoms with E-state index < -0.39 is 17.4 Å². The Morgan fingerprint density at radius 2 is 1.88 bits per heavy atom. The fourth-order valence-electron chi connectivity index (χ4n) is 4.24. The fourth-order valence-corrected chi connectivity index (χ4v) is 4.24. The van der Waals surface area contributed by atoms with E-state index in [9.17, 15) is 18.0 Å². The summed E-state index contributed by atoms with van der Waals surface area (Å²) in [5, 5.41) is 4.67. The first-order chi connectivity index (χ1) is 16.2. The molecule has 10 heteroatoms. The van der Waals surface area contributed by atoms with Crippen molar-refractivity contribution < 1.29 is 22.4 Å². The SMILES string of the molecule is COc1cc2c(cc1-c1c(C)noc1C)ncc1[nH]c(=O)n(Cc3ccc(C(F)(F)F)cc3)c12. The minimum absolute atomic E-state index is 0.0873. The molecule has 0 saturated carbocycles. The molecule has 0 amide bonds. The van der Waals surface area contributed by atoms with Crippen molar-refractivity contribution in [2.45, 2.75) is 26.6 Å². The van der Waals surface area contributed by atoms with Crippen LogP contribution < -0.4 is 10.4 Å². The number of benzene rings is 2. The van der Waals surface area contributed by atoms with Crippen molar-refractivity contribution in [1.82, 2.24) is 19.7 Å². The summed E-state index contributed by atoms with van der Waals surface area (Å²) in [5.74, 6) is 1.18. The second kappa shape index (κ2) is 7.75. The van der Waals surface area contributed by atoms with Crippen LogP contribution in [0.15, 0.2) is 51.9 Å². The lowest BCUT2D eigenvalue weighted by Crippen LogP contribution is -2.17. The van der Waals surface area contributed by atoms with Crippen LogP contribution in [0.4, 0.5) is 13.2 Å². The number of aryl methyl sites for hydroxylation is 2. The third kappa shape index (κ3) is 3.51.